The van der Waals surface area contributed by atoms with Gasteiger partial charge in [-0.15, -0.1) is 11.8 Å². The number of rotatable bonds is 3. The summed E-state index contributed by atoms with van der Waals surface area (Å²) < 4.78 is 0. The van der Waals surface area contributed by atoms with Gasteiger partial charge in [0.25, 0.3) is 0 Å². The van der Waals surface area contributed by atoms with Crippen LogP contribution in [0.2, 0.25) is 0 Å². The second kappa shape index (κ2) is 9.46. The Labute approximate surface area is 197 Å². The van der Waals surface area contributed by atoms with E-state index in [4.69, 9.17) is 0 Å². The molecule has 6 nitrogen and oxygen atoms in total. The van der Waals surface area contributed by atoms with E-state index in [0.717, 1.165) is 63.8 Å². The van der Waals surface area contributed by atoms with Crippen LogP contribution in [0.15, 0.2) is 0 Å². The zero-order valence-corrected chi connectivity index (χ0v) is 20.8. The summed E-state index contributed by atoms with van der Waals surface area (Å²) >= 11 is 1.98. The van der Waals surface area contributed by atoms with Gasteiger partial charge >= 0.3 is 0 Å². The molecule has 0 bridgehead atoms. The lowest BCUT2D eigenvalue weighted by Gasteiger charge is -2.50. The number of piperidine rings is 2. The average molecular weight is 463 g/mol. The number of likely N-dealkylation sites (tertiary alicyclic amines) is 1. The fourth-order valence-electron chi connectivity index (χ4n) is 7.47. The minimum atomic E-state index is 0.113. The van der Waals surface area contributed by atoms with Crippen molar-refractivity contribution in [3.63, 3.8) is 0 Å². The summed E-state index contributed by atoms with van der Waals surface area (Å²) in [5.74, 6) is 3.44. The molecule has 0 aromatic rings. The molecule has 0 spiro atoms. The van der Waals surface area contributed by atoms with Crippen LogP contribution in [0.1, 0.15) is 65.2 Å². The number of amides is 2. The van der Waals surface area contributed by atoms with E-state index >= 15 is 0 Å². The van der Waals surface area contributed by atoms with E-state index in [1.165, 1.54) is 0 Å². The minimum absolute atomic E-state index is 0.113. The van der Waals surface area contributed by atoms with E-state index in [2.05, 4.69) is 34.7 Å². The number of thioether (sulfide) groups is 1. The van der Waals surface area contributed by atoms with Gasteiger partial charge in [0.15, 0.2) is 0 Å². The molecule has 5 rings (SSSR count). The van der Waals surface area contributed by atoms with Gasteiger partial charge in [0, 0.05) is 60.7 Å². The summed E-state index contributed by atoms with van der Waals surface area (Å²) in [6.45, 7) is 5.58. The van der Waals surface area contributed by atoms with Crippen molar-refractivity contribution < 1.29 is 9.59 Å². The lowest BCUT2D eigenvalue weighted by molar-refractivity contribution is -0.148. The topological polar surface area (TPSA) is 73.5 Å². The number of nitrogens with zero attached hydrogens (tertiary/aromatic N) is 1. The summed E-state index contributed by atoms with van der Waals surface area (Å²) in [5.41, 5.74) is 0. The first-order valence-electron chi connectivity index (χ1n) is 13.1. The normalized spacial score (nSPS) is 47.0. The van der Waals surface area contributed by atoms with Crippen LogP contribution in [0, 0.1) is 29.6 Å². The van der Waals surface area contributed by atoms with Crippen LogP contribution in [0.25, 0.3) is 0 Å². The fourth-order valence-corrected chi connectivity index (χ4v) is 8.82. The maximum atomic E-state index is 13.4. The zero-order valence-electron chi connectivity index (χ0n) is 20.0. The maximum Gasteiger partial charge on any atom is 0.225 e. The van der Waals surface area contributed by atoms with Crippen LogP contribution in [0.3, 0.4) is 0 Å². The van der Waals surface area contributed by atoms with Crippen molar-refractivity contribution >= 4 is 23.6 Å². The molecule has 2 amide bonds. The van der Waals surface area contributed by atoms with E-state index in [9.17, 15) is 9.59 Å². The molecule has 2 aliphatic carbocycles. The van der Waals surface area contributed by atoms with Gasteiger partial charge in [0.1, 0.15) is 0 Å². The largest absolute Gasteiger partial charge is 0.353 e. The van der Waals surface area contributed by atoms with Gasteiger partial charge in [-0.3, -0.25) is 9.59 Å². The van der Waals surface area contributed by atoms with Crippen LogP contribution in [0.4, 0.5) is 0 Å². The smallest absolute Gasteiger partial charge is 0.225 e. The molecule has 180 valence electrons. The average Bonchev–Trinajstić information content (AvgIpc) is 3.26. The Hall–Kier alpha value is -0.790. The van der Waals surface area contributed by atoms with Gasteiger partial charge in [-0.1, -0.05) is 6.92 Å². The number of carbonyl (C=O) groups excluding carboxylic acids is 2. The molecule has 0 radical (unpaired) electrons. The van der Waals surface area contributed by atoms with E-state index in [1.807, 2.05) is 18.8 Å². The van der Waals surface area contributed by atoms with Crippen molar-refractivity contribution in [2.24, 2.45) is 29.6 Å². The summed E-state index contributed by atoms with van der Waals surface area (Å²) in [6, 6.07) is 1.72. The maximum absolute atomic E-state index is 13.4. The molecule has 2 saturated carbocycles. The Morgan fingerprint density at radius 3 is 2.75 bits per heavy atom. The van der Waals surface area contributed by atoms with Crippen LogP contribution in [-0.4, -0.2) is 65.6 Å². The first-order chi connectivity index (χ1) is 15.4. The van der Waals surface area contributed by atoms with Gasteiger partial charge in [-0.25, -0.2) is 0 Å². The SMILES string of the molecule is CC1CC2C(CN1)CC(C1CC(NC(=O)C3CCC4NCSC4C3)CCC1C)C(=O)N2C. The highest BCUT2D eigenvalue weighted by Crippen LogP contribution is 2.43. The highest BCUT2D eigenvalue weighted by atomic mass is 32.2. The molecule has 10 unspecified atom stereocenters. The molecular formula is C25H42N4O2S. The van der Waals surface area contributed by atoms with E-state index < -0.39 is 0 Å². The predicted molar refractivity (Wildman–Crippen MR) is 129 cm³/mol. The zero-order chi connectivity index (χ0) is 22.4. The lowest BCUT2D eigenvalue weighted by Crippen LogP contribution is -2.60. The number of fused-ring (bicyclic) bond motifs is 2. The van der Waals surface area contributed by atoms with Crippen LogP contribution < -0.4 is 16.0 Å². The summed E-state index contributed by atoms with van der Waals surface area (Å²) in [5, 5.41) is 11.3. The Morgan fingerprint density at radius 1 is 1.06 bits per heavy atom. The summed E-state index contributed by atoms with van der Waals surface area (Å²) in [7, 11) is 2.03. The van der Waals surface area contributed by atoms with Crippen LogP contribution >= 0.6 is 11.8 Å². The minimum Gasteiger partial charge on any atom is -0.353 e. The quantitative estimate of drug-likeness (QED) is 0.601. The van der Waals surface area contributed by atoms with Gasteiger partial charge in [-0.05, 0) is 76.0 Å². The highest BCUT2D eigenvalue weighted by molar-refractivity contribution is 8.00. The number of nitrogens with one attached hydrogen (secondary N) is 3. The third-order valence-electron chi connectivity index (χ3n) is 9.51. The van der Waals surface area contributed by atoms with Crippen molar-refractivity contribution in [1.82, 2.24) is 20.9 Å². The molecule has 7 heteroatoms. The molecule has 32 heavy (non-hydrogen) atoms. The third-order valence-corrected chi connectivity index (χ3v) is 10.8. The molecule has 0 aromatic carbocycles. The molecular weight excluding hydrogens is 420 g/mol. The van der Waals surface area contributed by atoms with Gasteiger partial charge in [0.2, 0.25) is 11.8 Å². The third kappa shape index (κ3) is 4.46. The standard InChI is InChI=1S/C25H42N4O2S/c1-14-4-6-18(28-24(30)16-5-7-21-23(10-16)32-13-27-21)11-19(14)20-9-17-12-26-15(2)8-22(17)29(3)25(20)31/h14-23,26-27H,4-13H2,1-3H3,(H,28,30). The van der Waals surface area contributed by atoms with Crippen molar-refractivity contribution in [2.75, 3.05) is 19.5 Å². The Kier molecular flexibility index (Phi) is 6.79. The molecule has 3 N–H and O–H groups in total. The summed E-state index contributed by atoms with van der Waals surface area (Å²) in [6.07, 6.45) is 8.36. The first-order valence-corrected chi connectivity index (χ1v) is 14.1. The molecule has 3 aliphatic heterocycles. The first kappa shape index (κ1) is 23.0. The van der Waals surface area contributed by atoms with Crippen molar-refractivity contribution in [3.8, 4) is 0 Å². The van der Waals surface area contributed by atoms with Gasteiger partial charge < -0.3 is 20.9 Å². The number of hydrogen-bond donors (Lipinski definition) is 3. The molecule has 5 aliphatic rings. The van der Waals surface area contributed by atoms with Gasteiger partial charge in [0.05, 0.1) is 0 Å². The van der Waals surface area contributed by atoms with Crippen molar-refractivity contribution in [2.45, 2.75) is 94.6 Å². The monoisotopic (exact) mass is 462 g/mol. The van der Waals surface area contributed by atoms with Crippen molar-refractivity contribution in [3.05, 3.63) is 0 Å². The lowest BCUT2D eigenvalue weighted by atomic mass is 9.65. The van der Waals surface area contributed by atoms with E-state index in [0.29, 0.717) is 47.0 Å². The molecule has 10 atom stereocenters. The second-order valence-corrected chi connectivity index (χ2v) is 12.7. The Balaban J connectivity index is 1.21. The predicted octanol–water partition coefficient (Wildman–Crippen LogP) is 2.58. The van der Waals surface area contributed by atoms with Crippen LogP contribution in [0.5, 0.6) is 0 Å². The second-order valence-electron chi connectivity index (χ2n) is 11.5. The molecule has 3 heterocycles. The van der Waals surface area contributed by atoms with Crippen LogP contribution in [-0.2, 0) is 9.59 Å². The van der Waals surface area contributed by atoms with E-state index in [-0.39, 0.29) is 23.8 Å². The van der Waals surface area contributed by atoms with Gasteiger partial charge in [-0.2, -0.15) is 0 Å². The fraction of sp³-hybridized carbons (Fsp3) is 0.920. The Morgan fingerprint density at radius 2 is 1.91 bits per heavy atom. The Bertz CT molecular complexity index is 720. The molecule has 5 fully saturated rings. The highest BCUT2D eigenvalue weighted by Gasteiger charge is 2.47. The van der Waals surface area contributed by atoms with Crippen molar-refractivity contribution in [1.29, 1.82) is 0 Å². The number of carbonyl (C=O) groups is 2. The molecule has 3 saturated heterocycles. The van der Waals surface area contributed by atoms with E-state index in [1.54, 1.807) is 0 Å². The summed E-state index contributed by atoms with van der Waals surface area (Å²) in [4.78, 5) is 28.6. The number of hydrogen-bond acceptors (Lipinski definition) is 5. The molecule has 0 aromatic heterocycles.